The van der Waals surface area contributed by atoms with Gasteiger partial charge in [-0.2, -0.15) is 5.26 Å². The van der Waals surface area contributed by atoms with Crippen LogP contribution in [0.3, 0.4) is 0 Å². The Morgan fingerprint density at radius 3 is 3.08 bits per heavy atom. The van der Waals surface area contributed by atoms with Crippen molar-refractivity contribution in [3.63, 3.8) is 0 Å². The van der Waals surface area contributed by atoms with Gasteiger partial charge in [0.25, 0.3) is 0 Å². The zero-order valence-electron chi connectivity index (χ0n) is 5.91. The Kier molecular flexibility index (Phi) is 2.88. The van der Waals surface area contributed by atoms with E-state index >= 15 is 0 Å². The molecule has 0 fully saturated rings. The molecule has 0 spiro atoms. The van der Waals surface area contributed by atoms with E-state index in [4.69, 9.17) is 9.68 Å². The second-order valence-corrected chi connectivity index (χ2v) is 2.56. The molecular weight excluding hydrogens is 226 g/mol. The van der Waals surface area contributed by atoms with Gasteiger partial charge < -0.3 is 9.15 Å². The van der Waals surface area contributed by atoms with Crippen LogP contribution < -0.4 is 0 Å². The van der Waals surface area contributed by atoms with E-state index in [0.29, 0.717) is 4.67 Å². The number of furan rings is 1. The summed E-state index contributed by atoms with van der Waals surface area (Å²) in [4.78, 5) is 11.0. The number of nitrogens with zero attached hydrogens (tertiary/aromatic N) is 1. The fourth-order valence-corrected chi connectivity index (χ4v) is 1.02. The van der Waals surface area contributed by atoms with Crippen LogP contribution in [0.4, 0.5) is 0 Å². The molecule has 0 aliphatic heterocycles. The Labute approximate surface area is 76.9 Å². The van der Waals surface area contributed by atoms with E-state index in [-0.39, 0.29) is 12.2 Å². The van der Waals surface area contributed by atoms with Crippen LogP contribution in [0, 0.1) is 11.3 Å². The second kappa shape index (κ2) is 3.93. The van der Waals surface area contributed by atoms with Crippen molar-refractivity contribution < 1.29 is 13.9 Å². The third kappa shape index (κ3) is 1.86. The van der Waals surface area contributed by atoms with Crippen LogP contribution in [0.5, 0.6) is 0 Å². The molecule has 0 saturated heterocycles. The quantitative estimate of drug-likeness (QED) is 0.725. The first kappa shape index (κ1) is 8.81. The molecule has 0 N–H and O–H groups in total. The van der Waals surface area contributed by atoms with E-state index in [1.807, 2.05) is 0 Å². The summed E-state index contributed by atoms with van der Waals surface area (Å²) in [5, 5.41) is 8.12. The predicted octanol–water partition coefficient (Wildman–Crippen LogP) is 1.72. The zero-order chi connectivity index (χ0) is 8.97. The molecule has 0 aromatic carbocycles. The number of ether oxygens (including phenoxy) is 1. The van der Waals surface area contributed by atoms with E-state index in [2.05, 4.69) is 20.7 Å². The van der Waals surface area contributed by atoms with Crippen LogP contribution >= 0.6 is 15.9 Å². The third-order valence-electron chi connectivity index (χ3n) is 1.11. The largest absolute Gasteiger partial charge is 0.457 e. The van der Waals surface area contributed by atoms with Gasteiger partial charge in [0.1, 0.15) is 11.6 Å². The van der Waals surface area contributed by atoms with Gasteiger partial charge in [-0.1, -0.05) is 0 Å². The average Bonchev–Trinajstić information content (AvgIpc) is 2.47. The minimum absolute atomic E-state index is 0.254. The number of hydrogen-bond donors (Lipinski definition) is 0. The first-order valence-electron chi connectivity index (χ1n) is 3.02. The highest BCUT2D eigenvalue weighted by atomic mass is 79.9. The van der Waals surface area contributed by atoms with E-state index < -0.39 is 5.97 Å². The van der Waals surface area contributed by atoms with E-state index in [9.17, 15) is 4.79 Å². The molecule has 5 heteroatoms. The molecule has 12 heavy (non-hydrogen) atoms. The first-order valence-corrected chi connectivity index (χ1v) is 3.82. The fourth-order valence-electron chi connectivity index (χ4n) is 0.615. The smallest absolute Gasteiger partial charge is 0.343 e. The number of halogens is 1. The topological polar surface area (TPSA) is 63.2 Å². The van der Waals surface area contributed by atoms with Crippen LogP contribution in [-0.4, -0.2) is 12.6 Å². The summed E-state index contributed by atoms with van der Waals surface area (Å²) >= 11 is 3.01. The lowest BCUT2D eigenvalue weighted by molar-refractivity contribution is 0.0552. The van der Waals surface area contributed by atoms with Gasteiger partial charge in [-0.3, -0.25) is 0 Å². The molecule has 0 atom stereocenters. The summed E-state index contributed by atoms with van der Waals surface area (Å²) in [6.07, 6.45) is 1.35. The van der Waals surface area contributed by atoms with Crippen molar-refractivity contribution in [2.75, 3.05) is 6.61 Å². The van der Waals surface area contributed by atoms with Crippen LogP contribution in [0.25, 0.3) is 0 Å². The van der Waals surface area contributed by atoms with Crippen molar-refractivity contribution >= 4 is 21.9 Å². The van der Waals surface area contributed by atoms with Gasteiger partial charge in [-0.05, 0) is 22.0 Å². The molecule has 0 bridgehead atoms. The number of hydrogen-bond acceptors (Lipinski definition) is 4. The van der Waals surface area contributed by atoms with Gasteiger partial charge in [0.2, 0.25) is 0 Å². The van der Waals surface area contributed by atoms with E-state index in [0.717, 1.165) is 0 Å². The monoisotopic (exact) mass is 229 g/mol. The number of rotatable bonds is 2. The number of nitriles is 1. The molecule has 0 saturated carbocycles. The highest BCUT2D eigenvalue weighted by Gasteiger charge is 2.13. The highest BCUT2D eigenvalue weighted by molar-refractivity contribution is 9.10. The van der Waals surface area contributed by atoms with Crippen LogP contribution in [0.2, 0.25) is 0 Å². The molecular formula is C7H4BrNO3. The number of carbonyl (C=O) groups is 1. The minimum atomic E-state index is -0.572. The minimum Gasteiger partial charge on any atom is -0.457 e. The second-order valence-electron chi connectivity index (χ2n) is 1.84. The summed E-state index contributed by atoms with van der Waals surface area (Å²) in [6.45, 7) is -0.254. The van der Waals surface area contributed by atoms with Gasteiger partial charge in [0.15, 0.2) is 11.3 Å². The third-order valence-corrected chi connectivity index (χ3v) is 1.72. The molecule has 1 rings (SSSR count). The Balaban J connectivity index is 2.67. The Bertz CT molecular complexity index is 326. The average molecular weight is 230 g/mol. The molecule has 0 aliphatic carbocycles. The van der Waals surface area contributed by atoms with Crippen LogP contribution in [-0.2, 0) is 4.74 Å². The molecule has 1 heterocycles. The summed E-state index contributed by atoms with van der Waals surface area (Å²) in [5.41, 5.74) is 0.283. The summed E-state index contributed by atoms with van der Waals surface area (Å²) in [6, 6.07) is 3.15. The lowest BCUT2D eigenvalue weighted by atomic mass is 10.3. The van der Waals surface area contributed by atoms with Gasteiger partial charge in [0, 0.05) is 0 Å². The van der Waals surface area contributed by atoms with Crippen molar-refractivity contribution in [3.05, 3.63) is 22.6 Å². The lowest BCUT2D eigenvalue weighted by Gasteiger charge is -1.95. The zero-order valence-corrected chi connectivity index (χ0v) is 7.50. The molecule has 4 nitrogen and oxygen atoms in total. The van der Waals surface area contributed by atoms with Crippen molar-refractivity contribution in [2.24, 2.45) is 0 Å². The Morgan fingerprint density at radius 1 is 1.83 bits per heavy atom. The van der Waals surface area contributed by atoms with E-state index in [1.165, 1.54) is 12.3 Å². The van der Waals surface area contributed by atoms with Gasteiger partial charge in [-0.25, -0.2) is 4.79 Å². The number of carbonyl (C=O) groups excluding carboxylic acids is 1. The highest BCUT2D eigenvalue weighted by Crippen LogP contribution is 2.17. The van der Waals surface area contributed by atoms with Crippen molar-refractivity contribution in [3.8, 4) is 6.07 Å². The van der Waals surface area contributed by atoms with Gasteiger partial charge in [-0.15, -0.1) is 0 Å². The Hall–Kier alpha value is -1.28. The fraction of sp³-hybridized carbons (Fsp3) is 0.143. The first-order chi connectivity index (χ1) is 5.75. The van der Waals surface area contributed by atoms with Crippen LogP contribution in [0.15, 0.2) is 21.4 Å². The standard InChI is InChI=1S/C7H4BrNO3/c8-6-5(1-3-11-6)7(10)12-4-2-9/h1,3H,4H2. The molecule has 0 radical (unpaired) electrons. The Morgan fingerprint density at radius 2 is 2.58 bits per heavy atom. The summed E-state index contributed by atoms with van der Waals surface area (Å²) in [7, 11) is 0. The molecule has 1 aromatic rings. The summed E-state index contributed by atoms with van der Waals surface area (Å²) in [5.74, 6) is -0.572. The maximum Gasteiger partial charge on any atom is 0.343 e. The summed E-state index contributed by atoms with van der Waals surface area (Å²) < 4.78 is 9.64. The molecule has 62 valence electrons. The molecule has 1 aromatic heterocycles. The van der Waals surface area contributed by atoms with Crippen molar-refractivity contribution in [2.45, 2.75) is 0 Å². The molecule has 0 unspecified atom stereocenters. The maximum atomic E-state index is 11.0. The maximum absolute atomic E-state index is 11.0. The van der Waals surface area contributed by atoms with Crippen molar-refractivity contribution in [1.82, 2.24) is 0 Å². The predicted molar refractivity (Wildman–Crippen MR) is 42.3 cm³/mol. The van der Waals surface area contributed by atoms with Crippen LogP contribution in [0.1, 0.15) is 10.4 Å². The van der Waals surface area contributed by atoms with E-state index in [1.54, 1.807) is 6.07 Å². The normalized spacial score (nSPS) is 9.00. The van der Waals surface area contributed by atoms with Gasteiger partial charge in [0.05, 0.1) is 6.26 Å². The molecule has 0 amide bonds. The lowest BCUT2D eigenvalue weighted by Crippen LogP contribution is -2.04. The van der Waals surface area contributed by atoms with Gasteiger partial charge >= 0.3 is 5.97 Å². The van der Waals surface area contributed by atoms with Crippen molar-refractivity contribution in [1.29, 1.82) is 5.26 Å². The molecule has 0 aliphatic rings. The number of esters is 1. The SMILES string of the molecule is N#CCOC(=O)c1ccoc1Br.